The molecule has 0 aromatic carbocycles. The first-order valence-corrected chi connectivity index (χ1v) is 7.05. The predicted molar refractivity (Wildman–Crippen MR) is 72.8 cm³/mol. The van der Waals surface area contributed by atoms with Crippen molar-refractivity contribution >= 4 is 12.3 Å². The number of aldehydes is 1. The third-order valence-corrected chi connectivity index (χ3v) is 3.64. The second kappa shape index (κ2) is 7.04. The molecule has 1 aliphatic carbocycles. The molecule has 0 bridgehead atoms. The third-order valence-electron chi connectivity index (χ3n) is 3.64. The van der Waals surface area contributed by atoms with Crippen molar-refractivity contribution in [3.63, 3.8) is 0 Å². The summed E-state index contributed by atoms with van der Waals surface area (Å²) in [7, 11) is 1.58. The van der Waals surface area contributed by atoms with Crippen LogP contribution in [0.2, 0.25) is 0 Å². The van der Waals surface area contributed by atoms with Gasteiger partial charge in [0.15, 0.2) is 0 Å². The molecule has 1 rings (SSSR count). The number of esters is 1. The third kappa shape index (κ3) is 5.72. The van der Waals surface area contributed by atoms with Gasteiger partial charge in [-0.1, -0.05) is 0 Å². The van der Waals surface area contributed by atoms with Gasteiger partial charge < -0.3 is 14.3 Å². The van der Waals surface area contributed by atoms with Crippen LogP contribution in [0.4, 0.5) is 0 Å². The van der Waals surface area contributed by atoms with Crippen molar-refractivity contribution in [2.45, 2.75) is 64.6 Å². The van der Waals surface area contributed by atoms with Gasteiger partial charge in [0.1, 0.15) is 18.0 Å². The van der Waals surface area contributed by atoms with Crippen molar-refractivity contribution in [2.24, 2.45) is 11.8 Å². The number of ether oxygens (including phenoxy) is 2. The maximum Gasteiger partial charge on any atom is 0.306 e. The Balaban J connectivity index is 2.34. The topological polar surface area (TPSA) is 52.6 Å². The van der Waals surface area contributed by atoms with Crippen molar-refractivity contribution in [3.8, 4) is 0 Å². The number of carbonyl (C=O) groups excluding carboxylic acids is 2. The fourth-order valence-electron chi connectivity index (χ4n) is 2.70. The van der Waals surface area contributed by atoms with Gasteiger partial charge in [0, 0.05) is 13.5 Å². The Morgan fingerprint density at radius 1 is 1.26 bits per heavy atom. The van der Waals surface area contributed by atoms with Crippen molar-refractivity contribution in [1.82, 2.24) is 0 Å². The highest BCUT2D eigenvalue weighted by atomic mass is 16.6. The summed E-state index contributed by atoms with van der Waals surface area (Å²) >= 11 is 0. The normalized spacial score (nSPS) is 25.7. The zero-order valence-corrected chi connectivity index (χ0v) is 12.5. The zero-order valence-electron chi connectivity index (χ0n) is 12.5. The first-order valence-electron chi connectivity index (χ1n) is 7.05. The highest BCUT2D eigenvalue weighted by molar-refractivity contribution is 5.70. The van der Waals surface area contributed by atoms with E-state index >= 15 is 0 Å². The molecule has 110 valence electrons. The minimum atomic E-state index is -0.410. The maximum absolute atomic E-state index is 11.8. The van der Waals surface area contributed by atoms with E-state index in [4.69, 9.17) is 9.47 Å². The molecule has 1 unspecified atom stereocenters. The average Bonchev–Trinajstić information content (AvgIpc) is 2.30. The molecule has 4 heteroatoms. The lowest BCUT2D eigenvalue weighted by molar-refractivity contribution is -0.156. The molecule has 1 saturated carbocycles. The van der Waals surface area contributed by atoms with E-state index in [1.807, 2.05) is 20.8 Å². The van der Waals surface area contributed by atoms with Crippen LogP contribution in [0.25, 0.3) is 0 Å². The van der Waals surface area contributed by atoms with Gasteiger partial charge in [0.25, 0.3) is 0 Å². The van der Waals surface area contributed by atoms with Crippen LogP contribution in [0.5, 0.6) is 0 Å². The van der Waals surface area contributed by atoms with Crippen molar-refractivity contribution in [3.05, 3.63) is 0 Å². The molecule has 0 heterocycles. The molecule has 1 atom stereocenters. The molecule has 0 saturated heterocycles. The van der Waals surface area contributed by atoms with Gasteiger partial charge >= 0.3 is 5.97 Å². The van der Waals surface area contributed by atoms with Crippen LogP contribution in [-0.4, -0.2) is 31.1 Å². The van der Waals surface area contributed by atoms with Crippen LogP contribution in [0.3, 0.4) is 0 Å². The Hall–Kier alpha value is -0.900. The summed E-state index contributed by atoms with van der Waals surface area (Å²) in [6, 6.07) is 0. The molecule has 0 spiro atoms. The summed E-state index contributed by atoms with van der Waals surface area (Å²) in [6.07, 6.45) is 4.93. The number of carbonyl (C=O) groups is 2. The fourth-order valence-corrected chi connectivity index (χ4v) is 2.70. The highest BCUT2D eigenvalue weighted by Crippen LogP contribution is 2.33. The van der Waals surface area contributed by atoms with Gasteiger partial charge in [-0.05, 0) is 58.3 Å². The molecule has 0 aromatic heterocycles. The summed E-state index contributed by atoms with van der Waals surface area (Å²) in [5.41, 5.74) is -0.410. The van der Waals surface area contributed by atoms with E-state index in [0.29, 0.717) is 18.3 Å². The number of rotatable bonds is 5. The molecule has 4 nitrogen and oxygen atoms in total. The lowest BCUT2D eigenvalue weighted by Crippen LogP contribution is -2.30. The monoisotopic (exact) mass is 270 g/mol. The lowest BCUT2D eigenvalue weighted by atomic mass is 9.78. The van der Waals surface area contributed by atoms with Crippen LogP contribution in [-0.2, 0) is 19.1 Å². The first-order chi connectivity index (χ1) is 8.85. The summed E-state index contributed by atoms with van der Waals surface area (Å²) in [6.45, 7) is 5.65. The largest absolute Gasteiger partial charge is 0.460 e. The summed E-state index contributed by atoms with van der Waals surface area (Å²) in [4.78, 5) is 22.6. The SMILES string of the molecule is COC(C=O)C1CCC(CC(=O)OC(C)(C)C)CC1. The van der Waals surface area contributed by atoms with Crippen LogP contribution in [0.1, 0.15) is 52.9 Å². The molecule has 19 heavy (non-hydrogen) atoms. The predicted octanol–water partition coefficient (Wildman–Crippen LogP) is 2.74. The molecule has 0 aromatic rings. The van der Waals surface area contributed by atoms with Gasteiger partial charge in [0.05, 0.1) is 0 Å². The Morgan fingerprint density at radius 2 is 1.84 bits per heavy atom. The zero-order chi connectivity index (χ0) is 14.5. The summed E-state index contributed by atoms with van der Waals surface area (Å²) in [5.74, 6) is 0.572. The van der Waals surface area contributed by atoms with E-state index in [-0.39, 0.29) is 12.1 Å². The van der Waals surface area contributed by atoms with Crippen LogP contribution >= 0.6 is 0 Å². The second-order valence-electron chi connectivity index (χ2n) is 6.41. The number of hydrogen-bond donors (Lipinski definition) is 0. The average molecular weight is 270 g/mol. The minimum Gasteiger partial charge on any atom is -0.460 e. The summed E-state index contributed by atoms with van der Waals surface area (Å²) < 4.78 is 10.5. The van der Waals surface area contributed by atoms with Crippen molar-refractivity contribution < 1.29 is 19.1 Å². The van der Waals surface area contributed by atoms with E-state index in [1.54, 1.807) is 7.11 Å². The van der Waals surface area contributed by atoms with E-state index in [0.717, 1.165) is 32.0 Å². The smallest absolute Gasteiger partial charge is 0.306 e. The van der Waals surface area contributed by atoms with Gasteiger partial charge in [0.2, 0.25) is 0 Å². The van der Waals surface area contributed by atoms with Crippen LogP contribution in [0, 0.1) is 11.8 Å². The quantitative estimate of drug-likeness (QED) is 0.569. The Morgan fingerprint density at radius 3 is 2.26 bits per heavy atom. The van der Waals surface area contributed by atoms with Crippen molar-refractivity contribution in [1.29, 1.82) is 0 Å². The standard InChI is InChI=1S/C15H26O4/c1-15(2,3)19-14(17)9-11-5-7-12(8-6-11)13(10-16)18-4/h10-13H,5-9H2,1-4H3. The van der Waals surface area contributed by atoms with E-state index < -0.39 is 5.60 Å². The highest BCUT2D eigenvalue weighted by Gasteiger charge is 2.29. The molecular weight excluding hydrogens is 244 g/mol. The maximum atomic E-state index is 11.8. The van der Waals surface area contributed by atoms with Crippen molar-refractivity contribution in [2.75, 3.05) is 7.11 Å². The van der Waals surface area contributed by atoms with Crippen LogP contribution in [0.15, 0.2) is 0 Å². The Labute approximate surface area is 115 Å². The Bertz CT molecular complexity index is 298. The summed E-state index contributed by atoms with van der Waals surface area (Å²) in [5, 5.41) is 0. The molecule has 1 aliphatic rings. The van der Waals surface area contributed by atoms with Gasteiger partial charge in [-0.15, -0.1) is 0 Å². The second-order valence-corrected chi connectivity index (χ2v) is 6.41. The fraction of sp³-hybridized carbons (Fsp3) is 0.867. The number of methoxy groups -OCH3 is 1. The lowest BCUT2D eigenvalue weighted by Gasteiger charge is -2.31. The first kappa shape index (κ1) is 16.2. The van der Waals surface area contributed by atoms with Gasteiger partial charge in [-0.2, -0.15) is 0 Å². The van der Waals surface area contributed by atoms with Gasteiger partial charge in [-0.25, -0.2) is 0 Å². The molecule has 0 radical (unpaired) electrons. The van der Waals surface area contributed by atoms with Gasteiger partial charge in [-0.3, -0.25) is 4.79 Å². The van der Waals surface area contributed by atoms with Crippen LogP contribution < -0.4 is 0 Å². The molecular formula is C15H26O4. The molecule has 0 N–H and O–H groups in total. The van der Waals surface area contributed by atoms with E-state index in [1.165, 1.54) is 0 Å². The number of hydrogen-bond acceptors (Lipinski definition) is 4. The Kier molecular flexibility index (Phi) is 5.98. The molecule has 0 amide bonds. The minimum absolute atomic E-state index is 0.116. The van der Waals surface area contributed by atoms with E-state index in [2.05, 4.69) is 0 Å². The molecule has 1 fully saturated rings. The molecule has 0 aliphatic heterocycles. The van der Waals surface area contributed by atoms with E-state index in [9.17, 15) is 9.59 Å².